The van der Waals surface area contributed by atoms with Crippen molar-refractivity contribution in [3.63, 3.8) is 0 Å². The largest absolute Gasteiger partial charge is 0.487 e. The van der Waals surface area contributed by atoms with E-state index >= 15 is 0 Å². The van der Waals surface area contributed by atoms with Gasteiger partial charge in [-0.2, -0.15) is 0 Å². The predicted octanol–water partition coefficient (Wildman–Crippen LogP) is 3.27. The van der Waals surface area contributed by atoms with Crippen LogP contribution in [0.2, 0.25) is 0 Å². The third-order valence-electron chi connectivity index (χ3n) is 4.41. The molecule has 1 aromatic heterocycles. The molecule has 0 spiro atoms. The van der Waals surface area contributed by atoms with Crippen LogP contribution in [-0.2, 0) is 17.9 Å². The second-order valence-corrected chi connectivity index (χ2v) is 6.62. The van der Waals surface area contributed by atoms with Crippen molar-refractivity contribution in [2.24, 2.45) is 0 Å². The van der Waals surface area contributed by atoms with Gasteiger partial charge in [0.25, 0.3) is 5.91 Å². The van der Waals surface area contributed by atoms with Crippen LogP contribution in [0.4, 0.5) is 0 Å². The molecule has 6 heteroatoms. The molecule has 0 bridgehead atoms. The minimum absolute atomic E-state index is 0.0782. The second-order valence-electron chi connectivity index (χ2n) is 6.62. The number of ether oxygens (including phenoxy) is 2. The maximum Gasteiger partial charge on any atom is 0.253 e. The summed E-state index contributed by atoms with van der Waals surface area (Å²) in [7, 11) is 5.15. The smallest absolute Gasteiger partial charge is 0.253 e. The fourth-order valence-corrected chi connectivity index (χ4v) is 3.03. The van der Waals surface area contributed by atoms with Gasteiger partial charge in [0.15, 0.2) is 0 Å². The van der Waals surface area contributed by atoms with E-state index in [2.05, 4.69) is 9.55 Å². The molecule has 0 saturated carbocycles. The summed E-state index contributed by atoms with van der Waals surface area (Å²) in [5.41, 5.74) is 3.26. The Morgan fingerprint density at radius 1 is 1.19 bits per heavy atom. The van der Waals surface area contributed by atoms with Gasteiger partial charge in [-0.15, -0.1) is 0 Å². The van der Waals surface area contributed by atoms with E-state index in [1.165, 1.54) is 0 Å². The summed E-state index contributed by atoms with van der Waals surface area (Å²) in [5, 5.41) is 0. The molecule has 3 rings (SSSR count). The van der Waals surface area contributed by atoms with Crippen molar-refractivity contribution in [3.8, 4) is 5.75 Å². The SMILES string of the molecule is COCCn1c(C)nc2cc(C(=O)N(C)C)cc(OCc3ccccc3)c21. The monoisotopic (exact) mass is 367 g/mol. The number of imidazole rings is 1. The summed E-state index contributed by atoms with van der Waals surface area (Å²) in [6.07, 6.45) is 0. The van der Waals surface area contributed by atoms with Gasteiger partial charge in [-0.05, 0) is 24.6 Å². The van der Waals surface area contributed by atoms with Crippen molar-refractivity contribution in [2.45, 2.75) is 20.1 Å². The first-order valence-electron chi connectivity index (χ1n) is 8.89. The summed E-state index contributed by atoms with van der Waals surface area (Å²) in [4.78, 5) is 18.7. The van der Waals surface area contributed by atoms with Crippen molar-refractivity contribution >= 4 is 16.9 Å². The zero-order valence-electron chi connectivity index (χ0n) is 16.2. The highest BCUT2D eigenvalue weighted by molar-refractivity contribution is 5.99. The minimum Gasteiger partial charge on any atom is -0.487 e. The number of carbonyl (C=O) groups excluding carboxylic acids is 1. The van der Waals surface area contributed by atoms with E-state index in [1.807, 2.05) is 43.3 Å². The first-order chi connectivity index (χ1) is 13.0. The Kier molecular flexibility index (Phi) is 5.76. The number of benzene rings is 2. The lowest BCUT2D eigenvalue weighted by Crippen LogP contribution is -2.21. The van der Waals surface area contributed by atoms with Gasteiger partial charge in [-0.3, -0.25) is 4.79 Å². The maximum atomic E-state index is 12.5. The normalized spacial score (nSPS) is 11.0. The van der Waals surface area contributed by atoms with Crippen LogP contribution in [0.5, 0.6) is 5.75 Å². The second kappa shape index (κ2) is 8.22. The molecule has 0 atom stereocenters. The highest BCUT2D eigenvalue weighted by Gasteiger charge is 2.18. The zero-order chi connectivity index (χ0) is 19.4. The third-order valence-corrected chi connectivity index (χ3v) is 4.41. The molecule has 1 heterocycles. The van der Waals surface area contributed by atoms with Crippen molar-refractivity contribution in [2.75, 3.05) is 27.8 Å². The van der Waals surface area contributed by atoms with E-state index in [9.17, 15) is 4.79 Å². The van der Waals surface area contributed by atoms with E-state index in [1.54, 1.807) is 32.2 Å². The molecule has 6 nitrogen and oxygen atoms in total. The van der Waals surface area contributed by atoms with Crippen LogP contribution >= 0.6 is 0 Å². The molecule has 0 saturated heterocycles. The first kappa shape index (κ1) is 18.9. The summed E-state index contributed by atoms with van der Waals surface area (Å²) in [5.74, 6) is 1.44. The lowest BCUT2D eigenvalue weighted by molar-refractivity contribution is 0.0827. The number of amides is 1. The molecular formula is C21H25N3O3. The molecule has 0 radical (unpaired) electrons. The Balaban J connectivity index is 2.06. The molecule has 1 amide bonds. The van der Waals surface area contributed by atoms with Gasteiger partial charge in [0.1, 0.15) is 23.7 Å². The average Bonchev–Trinajstić information content (AvgIpc) is 2.99. The first-order valence-corrected chi connectivity index (χ1v) is 8.89. The summed E-state index contributed by atoms with van der Waals surface area (Å²) >= 11 is 0. The highest BCUT2D eigenvalue weighted by Crippen LogP contribution is 2.30. The van der Waals surface area contributed by atoms with E-state index in [0.29, 0.717) is 31.1 Å². The topological polar surface area (TPSA) is 56.6 Å². The Bertz CT molecular complexity index is 933. The van der Waals surface area contributed by atoms with Gasteiger partial charge < -0.3 is 18.9 Å². The van der Waals surface area contributed by atoms with E-state index < -0.39 is 0 Å². The number of rotatable bonds is 7. The van der Waals surface area contributed by atoms with E-state index in [-0.39, 0.29) is 5.91 Å². The molecule has 3 aromatic rings. The van der Waals surface area contributed by atoms with Gasteiger partial charge in [0, 0.05) is 33.3 Å². The van der Waals surface area contributed by atoms with Crippen molar-refractivity contribution < 1.29 is 14.3 Å². The lowest BCUT2D eigenvalue weighted by atomic mass is 10.1. The molecule has 0 aliphatic heterocycles. The Morgan fingerprint density at radius 3 is 2.59 bits per heavy atom. The van der Waals surface area contributed by atoms with Crippen molar-refractivity contribution in [1.29, 1.82) is 0 Å². The quantitative estimate of drug-likeness (QED) is 0.643. The van der Waals surface area contributed by atoms with Crippen LogP contribution in [0.25, 0.3) is 11.0 Å². The average molecular weight is 367 g/mol. The fourth-order valence-electron chi connectivity index (χ4n) is 3.03. The Morgan fingerprint density at radius 2 is 1.93 bits per heavy atom. The molecule has 142 valence electrons. The van der Waals surface area contributed by atoms with Crippen LogP contribution in [0.3, 0.4) is 0 Å². The Labute approximate surface area is 159 Å². The minimum atomic E-state index is -0.0782. The molecule has 0 aliphatic rings. The van der Waals surface area contributed by atoms with Crippen LogP contribution in [0, 0.1) is 6.92 Å². The predicted molar refractivity (Wildman–Crippen MR) is 105 cm³/mol. The number of aryl methyl sites for hydroxylation is 1. The number of methoxy groups -OCH3 is 1. The number of nitrogens with zero attached hydrogens (tertiary/aromatic N) is 3. The van der Waals surface area contributed by atoms with Crippen LogP contribution in [0.15, 0.2) is 42.5 Å². The summed E-state index contributed by atoms with van der Waals surface area (Å²) < 4.78 is 13.4. The molecular weight excluding hydrogens is 342 g/mol. The number of carbonyl (C=O) groups is 1. The third kappa shape index (κ3) is 4.11. The van der Waals surface area contributed by atoms with Gasteiger partial charge in [-0.25, -0.2) is 4.98 Å². The highest BCUT2D eigenvalue weighted by atomic mass is 16.5. The molecule has 0 N–H and O–H groups in total. The standard InChI is InChI=1S/C21H25N3O3/c1-15-22-18-12-17(21(25)23(2)3)13-19(20(18)24(15)10-11-26-4)27-14-16-8-6-5-7-9-16/h5-9,12-13H,10-11,14H2,1-4H3. The van der Waals surface area contributed by atoms with Gasteiger partial charge in [0.05, 0.1) is 12.1 Å². The molecule has 0 unspecified atom stereocenters. The van der Waals surface area contributed by atoms with Gasteiger partial charge >= 0.3 is 0 Å². The van der Waals surface area contributed by atoms with Gasteiger partial charge in [0.2, 0.25) is 0 Å². The number of fused-ring (bicyclic) bond motifs is 1. The van der Waals surface area contributed by atoms with Gasteiger partial charge in [-0.1, -0.05) is 30.3 Å². The molecule has 0 fully saturated rings. The summed E-state index contributed by atoms with van der Waals surface area (Å²) in [6.45, 7) is 3.61. The molecule has 0 aliphatic carbocycles. The Hall–Kier alpha value is -2.86. The zero-order valence-corrected chi connectivity index (χ0v) is 16.2. The fraction of sp³-hybridized carbons (Fsp3) is 0.333. The van der Waals surface area contributed by atoms with Crippen LogP contribution in [-0.4, -0.2) is 48.2 Å². The van der Waals surface area contributed by atoms with Crippen LogP contribution in [0.1, 0.15) is 21.7 Å². The van der Waals surface area contributed by atoms with Crippen molar-refractivity contribution in [1.82, 2.24) is 14.5 Å². The van der Waals surface area contributed by atoms with Crippen LogP contribution < -0.4 is 4.74 Å². The number of hydrogen-bond acceptors (Lipinski definition) is 4. The lowest BCUT2D eigenvalue weighted by Gasteiger charge is -2.15. The summed E-state index contributed by atoms with van der Waals surface area (Å²) in [6, 6.07) is 13.6. The van der Waals surface area contributed by atoms with Crippen molar-refractivity contribution in [3.05, 3.63) is 59.4 Å². The number of hydrogen-bond donors (Lipinski definition) is 0. The maximum absolute atomic E-state index is 12.5. The van der Waals surface area contributed by atoms with E-state index in [4.69, 9.17) is 9.47 Å². The number of aromatic nitrogens is 2. The molecule has 27 heavy (non-hydrogen) atoms. The molecule has 2 aromatic carbocycles. The van der Waals surface area contributed by atoms with E-state index in [0.717, 1.165) is 22.4 Å².